The maximum Gasteiger partial charge on any atom is 0.257 e. The van der Waals surface area contributed by atoms with E-state index in [1.807, 2.05) is 26.8 Å². The molecule has 0 bridgehead atoms. The van der Waals surface area contributed by atoms with Crippen LogP contribution in [0.15, 0.2) is 28.8 Å². The van der Waals surface area contributed by atoms with Crippen molar-refractivity contribution in [1.29, 1.82) is 0 Å². The lowest BCUT2D eigenvalue weighted by Crippen LogP contribution is -2.12. The maximum absolute atomic E-state index is 12.4. The van der Waals surface area contributed by atoms with E-state index >= 15 is 0 Å². The molecule has 0 saturated heterocycles. The normalized spacial score (nSPS) is 10.9. The number of carbonyl (C=O) groups is 1. The van der Waals surface area contributed by atoms with Crippen LogP contribution >= 0.6 is 11.3 Å². The summed E-state index contributed by atoms with van der Waals surface area (Å²) >= 11 is 1.49. The summed E-state index contributed by atoms with van der Waals surface area (Å²) in [6.07, 6.45) is 1.48. The average Bonchev–Trinajstić information content (AvgIpc) is 3.22. The largest absolute Gasteiger partial charge is 0.481 e. The van der Waals surface area contributed by atoms with Crippen molar-refractivity contribution in [3.05, 3.63) is 40.7 Å². The number of methoxy groups -OCH3 is 1. The summed E-state index contributed by atoms with van der Waals surface area (Å²) in [5, 5.41) is 11.0. The Morgan fingerprint density at radius 3 is 2.72 bits per heavy atom. The minimum absolute atomic E-state index is 0.170. The van der Waals surface area contributed by atoms with Crippen molar-refractivity contribution >= 4 is 22.9 Å². The number of nitrogens with one attached hydrogen (secondary N) is 1. The lowest BCUT2D eigenvalue weighted by Gasteiger charge is -2.04. The molecule has 1 N–H and O–H groups in total. The van der Waals surface area contributed by atoms with Crippen LogP contribution in [0.5, 0.6) is 5.88 Å². The molecule has 0 saturated carbocycles. The highest BCUT2D eigenvalue weighted by Gasteiger charge is 2.17. The molecule has 25 heavy (non-hydrogen) atoms. The molecule has 0 spiro atoms. The van der Waals surface area contributed by atoms with Gasteiger partial charge in [0.15, 0.2) is 0 Å². The molecule has 0 unspecified atom stereocenters. The Labute approximate surface area is 149 Å². The highest BCUT2D eigenvalue weighted by Crippen LogP contribution is 2.34. The van der Waals surface area contributed by atoms with Crippen molar-refractivity contribution in [2.24, 2.45) is 0 Å². The predicted octanol–water partition coefficient (Wildman–Crippen LogP) is 3.89. The topological polar surface area (TPSA) is 90.1 Å². The third-order valence-corrected chi connectivity index (χ3v) is 4.56. The lowest BCUT2D eigenvalue weighted by molar-refractivity contribution is 0.102. The van der Waals surface area contributed by atoms with Crippen LogP contribution in [-0.2, 0) is 0 Å². The monoisotopic (exact) mass is 358 g/mol. The van der Waals surface area contributed by atoms with E-state index in [0.717, 1.165) is 9.75 Å². The fraction of sp³-hybridized carbons (Fsp3) is 0.294. The Kier molecular flexibility index (Phi) is 4.80. The van der Waals surface area contributed by atoms with Gasteiger partial charge in [-0.15, -0.1) is 21.5 Å². The van der Waals surface area contributed by atoms with Gasteiger partial charge in [-0.1, -0.05) is 13.8 Å². The van der Waals surface area contributed by atoms with Crippen LogP contribution in [0.4, 0.5) is 5.69 Å². The van der Waals surface area contributed by atoms with Crippen molar-refractivity contribution in [3.63, 3.8) is 0 Å². The molecular formula is C17H18N4O3S. The number of pyridine rings is 1. The number of nitrogens with zero attached hydrogens (tertiary/aromatic N) is 3. The summed E-state index contributed by atoms with van der Waals surface area (Å²) in [4.78, 5) is 18.2. The number of anilines is 1. The number of aromatic nitrogens is 3. The van der Waals surface area contributed by atoms with Crippen LogP contribution in [0.25, 0.3) is 10.8 Å². The van der Waals surface area contributed by atoms with E-state index in [-0.39, 0.29) is 11.8 Å². The first-order chi connectivity index (χ1) is 12.0. The number of ether oxygens (including phenoxy) is 1. The van der Waals surface area contributed by atoms with Gasteiger partial charge in [0.05, 0.1) is 23.2 Å². The Morgan fingerprint density at radius 1 is 1.32 bits per heavy atom. The molecule has 3 aromatic heterocycles. The van der Waals surface area contributed by atoms with Gasteiger partial charge in [0.2, 0.25) is 11.8 Å². The molecule has 0 radical (unpaired) electrons. The van der Waals surface area contributed by atoms with Crippen molar-refractivity contribution in [1.82, 2.24) is 15.2 Å². The van der Waals surface area contributed by atoms with Gasteiger partial charge in [-0.3, -0.25) is 4.79 Å². The highest BCUT2D eigenvalue weighted by atomic mass is 32.1. The van der Waals surface area contributed by atoms with E-state index in [1.54, 1.807) is 12.1 Å². The van der Waals surface area contributed by atoms with E-state index < -0.39 is 0 Å². The number of hydrogen-bond donors (Lipinski definition) is 1. The molecule has 3 rings (SSSR count). The van der Waals surface area contributed by atoms with E-state index in [0.29, 0.717) is 28.9 Å². The van der Waals surface area contributed by atoms with Gasteiger partial charge in [-0.2, -0.15) is 0 Å². The van der Waals surface area contributed by atoms with Crippen molar-refractivity contribution in [2.45, 2.75) is 26.7 Å². The van der Waals surface area contributed by atoms with Crippen molar-refractivity contribution in [3.8, 4) is 16.6 Å². The molecule has 7 nitrogen and oxygen atoms in total. The first-order valence-corrected chi connectivity index (χ1v) is 8.55. The van der Waals surface area contributed by atoms with Crippen LogP contribution in [0, 0.1) is 6.92 Å². The third kappa shape index (κ3) is 3.69. The molecular weight excluding hydrogens is 340 g/mol. The van der Waals surface area contributed by atoms with E-state index in [4.69, 9.17) is 9.15 Å². The Balaban J connectivity index is 1.78. The standard InChI is InChI=1S/C17H18N4O3S/c1-9(2)16-20-21-17(24-16)13-7-12(10(3)25-13)19-15(22)11-5-6-14(23-4)18-8-11/h5-9H,1-4H3,(H,19,22). The SMILES string of the molecule is COc1ccc(C(=O)Nc2cc(-c3nnc(C(C)C)o3)sc2C)cn1. The first-order valence-electron chi connectivity index (χ1n) is 7.73. The molecule has 0 aliphatic heterocycles. The van der Waals surface area contributed by atoms with Gasteiger partial charge in [-0.05, 0) is 19.1 Å². The highest BCUT2D eigenvalue weighted by molar-refractivity contribution is 7.15. The molecule has 0 aromatic carbocycles. The number of thiophene rings is 1. The van der Waals surface area contributed by atoms with Gasteiger partial charge in [0.1, 0.15) is 0 Å². The van der Waals surface area contributed by atoms with Crippen molar-refractivity contribution in [2.75, 3.05) is 12.4 Å². The first kappa shape index (κ1) is 17.1. The van der Waals surface area contributed by atoms with Gasteiger partial charge in [-0.25, -0.2) is 4.98 Å². The summed E-state index contributed by atoms with van der Waals surface area (Å²) in [6.45, 7) is 5.91. The second kappa shape index (κ2) is 7.02. The zero-order valence-electron chi connectivity index (χ0n) is 14.4. The van der Waals surface area contributed by atoms with Gasteiger partial charge in [0.25, 0.3) is 11.8 Å². The fourth-order valence-corrected chi connectivity index (χ4v) is 3.01. The Bertz CT molecular complexity index is 884. The molecule has 0 atom stereocenters. The Hall–Kier alpha value is -2.74. The summed E-state index contributed by atoms with van der Waals surface area (Å²) in [5.41, 5.74) is 1.16. The molecule has 0 aliphatic rings. The number of rotatable bonds is 5. The van der Waals surface area contributed by atoms with Crippen LogP contribution in [0.3, 0.4) is 0 Å². The van der Waals surface area contributed by atoms with Crippen LogP contribution in [0.2, 0.25) is 0 Å². The van der Waals surface area contributed by atoms with Crippen molar-refractivity contribution < 1.29 is 13.9 Å². The molecule has 0 fully saturated rings. The smallest absolute Gasteiger partial charge is 0.257 e. The van der Waals surface area contributed by atoms with Gasteiger partial charge >= 0.3 is 0 Å². The number of aryl methyl sites for hydroxylation is 1. The molecule has 130 valence electrons. The molecule has 3 heterocycles. The summed E-state index contributed by atoms with van der Waals surface area (Å²) in [6, 6.07) is 5.15. The van der Waals surface area contributed by atoms with E-state index in [1.165, 1.54) is 24.6 Å². The molecule has 3 aromatic rings. The minimum Gasteiger partial charge on any atom is -0.481 e. The quantitative estimate of drug-likeness (QED) is 0.744. The zero-order valence-corrected chi connectivity index (χ0v) is 15.2. The van der Waals surface area contributed by atoms with Crippen LogP contribution in [-0.4, -0.2) is 28.2 Å². The number of carbonyl (C=O) groups excluding carboxylic acids is 1. The zero-order chi connectivity index (χ0) is 18.0. The van der Waals surface area contributed by atoms with E-state index in [9.17, 15) is 4.79 Å². The predicted molar refractivity (Wildman–Crippen MR) is 95.2 cm³/mol. The summed E-state index contributed by atoms with van der Waals surface area (Å²) in [5.74, 6) is 1.45. The summed E-state index contributed by atoms with van der Waals surface area (Å²) in [7, 11) is 1.53. The van der Waals surface area contributed by atoms with Gasteiger partial charge < -0.3 is 14.5 Å². The number of amides is 1. The van der Waals surface area contributed by atoms with Crippen LogP contribution in [0.1, 0.15) is 40.9 Å². The number of hydrogen-bond acceptors (Lipinski definition) is 7. The average molecular weight is 358 g/mol. The fourth-order valence-electron chi connectivity index (χ4n) is 2.11. The second-order valence-electron chi connectivity index (χ2n) is 5.72. The van der Waals surface area contributed by atoms with Gasteiger partial charge in [0, 0.05) is 23.1 Å². The molecule has 1 amide bonds. The minimum atomic E-state index is -0.240. The maximum atomic E-state index is 12.4. The van der Waals surface area contributed by atoms with Crippen LogP contribution < -0.4 is 10.1 Å². The summed E-state index contributed by atoms with van der Waals surface area (Å²) < 4.78 is 10.7. The Morgan fingerprint density at radius 2 is 2.12 bits per heavy atom. The third-order valence-electron chi connectivity index (χ3n) is 3.52. The second-order valence-corrected chi connectivity index (χ2v) is 6.98. The molecule has 0 aliphatic carbocycles. The van der Waals surface area contributed by atoms with E-state index in [2.05, 4.69) is 20.5 Å². The molecule has 8 heteroatoms. The lowest BCUT2D eigenvalue weighted by atomic mass is 10.2.